The molecule has 0 aromatic carbocycles. The number of halogens is 3. The molecule has 0 amide bonds. The first-order chi connectivity index (χ1) is 0. The second-order valence-corrected chi connectivity index (χ2v) is 0. The van der Waals surface area contributed by atoms with E-state index in [9.17, 15) is 0 Å². The van der Waals surface area contributed by atoms with Gasteiger partial charge in [0.2, 0.25) is 0 Å². The average Bonchev–Trinajstić information content (AvgIpc) is 0. The van der Waals surface area contributed by atoms with Crippen molar-refractivity contribution in [3.63, 3.8) is 0 Å². The summed E-state index contributed by atoms with van der Waals surface area (Å²) in [6.07, 6.45) is 0. The molecule has 0 saturated carbocycles. The van der Waals surface area contributed by atoms with Crippen LogP contribution >= 0.6 is 0 Å². The van der Waals surface area contributed by atoms with Crippen LogP contribution in [0.5, 0.6) is 0 Å². The van der Waals surface area contributed by atoms with Gasteiger partial charge in [-0.15, -0.1) is 0 Å². The zero-order valence-electron chi connectivity index (χ0n) is 1.71. The van der Waals surface area contributed by atoms with E-state index in [1.165, 1.54) is 0 Å². The molecule has 0 atom stereocenters. The molecular formula is AlF3. The first-order valence-electron chi connectivity index (χ1n) is 0. The van der Waals surface area contributed by atoms with Crippen LogP contribution in [0.25, 0.3) is 0 Å². The minimum absolute atomic E-state index is 0. The number of hydrogen-bond donors (Lipinski definition) is 0. The molecule has 4 heteroatoms. The third-order valence-corrected chi connectivity index (χ3v) is 0. The predicted molar refractivity (Wildman–Crippen MR) is 5.75 cm³/mol. The SMILES string of the molecule is [Al+3].[F-].[F-].[F-]. The molecule has 0 aromatic rings. The normalized spacial score (nSPS) is 0. The summed E-state index contributed by atoms with van der Waals surface area (Å²) in [5, 5.41) is 0. The van der Waals surface area contributed by atoms with Gasteiger partial charge in [0.05, 0.1) is 0 Å². The van der Waals surface area contributed by atoms with Crippen molar-refractivity contribution >= 4 is 17.4 Å². The van der Waals surface area contributed by atoms with Crippen LogP contribution in [0.1, 0.15) is 0 Å². The Hall–Kier alpha value is 0.322. The summed E-state index contributed by atoms with van der Waals surface area (Å²) >= 11 is 0. The molecule has 0 aromatic heterocycles. The molecule has 24 valence electrons. The fourth-order valence-electron chi connectivity index (χ4n) is 0. The van der Waals surface area contributed by atoms with Gasteiger partial charge in [-0.05, 0) is 0 Å². The summed E-state index contributed by atoms with van der Waals surface area (Å²) in [6.45, 7) is 0. The van der Waals surface area contributed by atoms with Gasteiger partial charge in [0.15, 0.2) is 0 Å². The first kappa shape index (κ1) is 459. The molecule has 0 unspecified atom stereocenters. The Bertz CT molecular complexity index is 3.25. The van der Waals surface area contributed by atoms with Crippen molar-refractivity contribution in [1.29, 1.82) is 0 Å². The fraction of sp³-hybridized carbons (Fsp3) is 0. The molecule has 0 bridgehead atoms. The summed E-state index contributed by atoms with van der Waals surface area (Å²) in [5.41, 5.74) is 0. The molecular weight excluding hydrogens is 84.0 g/mol. The summed E-state index contributed by atoms with van der Waals surface area (Å²) in [6, 6.07) is 0. The fourth-order valence-corrected chi connectivity index (χ4v) is 0. The van der Waals surface area contributed by atoms with Crippen LogP contribution in [-0.2, 0) is 0 Å². The molecule has 0 rings (SSSR count). The van der Waals surface area contributed by atoms with Gasteiger partial charge in [-0.25, -0.2) is 0 Å². The molecule has 0 spiro atoms. The summed E-state index contributed by atoms with van der Waals surface area (Å²) in [4.78, 5) is 0. The van der Waals surface area contributed by atoms with Gasteiger partial charge in [-0.2, -0.15) is 0 Å². The monoisotopic (exact) mass is 84.0 g/mol. The van der Waals surface area contributed by atoms with E-state index < -0.39 is 0 Å². The van der Waals surface area contributed by atoms with Gasteiger partial charge >= 0.3 is 17.4 Å². The van der Waals surface area contributed by atoms with E-state index in [0.29, 0.717) is 0 Å². The maximum atomic E-state index is 0. The Balaban J connectivity index is 0. The van der Waals surface area contributed by atoms with Crippen molar-refractivity contribution in [1.82, 2.24) is 0 Å². The summed E-state index contributed by atoms with van der Waals surface area (Å²) < 4.78 is 0. The smallest absolute Gasteiger partial charge is 1.00 e. The first-order valence-corrected chi connectivity index (χ1v) is 0. The van der Waals surface area contributed by atoms with Gasteiger partial charge < -0.3 is 14.1 Å². The zero-order valence-corrected chi connectivity index (χ0v) is 2.87. The van der Waals surface area contributed by atoms with Crippen molar-refractivity contribution in [2.75, 3.05) is 0 Å². The topological polar surface area (TPSA) is 0 Å². The number of hydrogen-bond acceptors (Lipinski definition) is 0. The van der Waals surface area contributed by atoms with Crippen LogP contribution < -0.4 is 14.1 Å². The molecule has 0 aliphatic heterocycles. The van der Waals surface area contributed by atoms with E-state index in [1.54, 1.807) is 0 Å². The molecule has 0 radical (unpaired) electrons. The van der Waals surface area contributed by atoms with Crippen molar-refractivity contribution in [3.8, 4) is 0 Å². The maximum absolute atomic E-state index is 0. The van der Waals surface area contributed by atoms with Crippen LogP contribution in [0.4, 0.5) is 0 Å². The van der Waals surface area contributed by atoms with E-state index in [4.69, 9.17) is 0 Å². The Kier molecular flexibility index (Phi) is 19800. The minimum Gasteiger partial charge on any atom is -1.00 e. The van der Waals surface area contributed by atoms with Crippen LogP contribution in [0.2, 0.25) is 0 Å². The molecule has 0 heterocycles. The van der Waals surface area contributed by atoms with Crippen molar-refractivity contribution in [3.05, 3.63) is 0 Å². The maximum Gasteiger partial charge on any atom is 3.00 e. The largest absolute Gasteiger partial charge is 3.00 e. The second-order valence-electron chi connectivity index (χ2n) is 0. The predicted octanol–water partition coefficient (Wildman–Crippen LogP) is -9.37. The Morgan fingerprint density at radius 3 is 0.500 bits per heavy atom. The third-order valence-electron chi connectivity index (χ3n) is 0. The van der Waals surface area contributed by atoms with Crippen molar-refractivity contribution < 1.29 is 14.1 Å². The van der Waals surface area contributed by atoms with Crippen molar-refractivity contribution in [2.45, 2.75) is 0 Å². The molecule has 0 aliphatic rings. The second kappa shape index (κ2) is 172. The molecule has 0 N–H and O–H groups in total. The summed E-state index contributed by atoms with van der Waals surface area (Å²) in [7, 11) is 0. The van der Waals surface area contributed by atoms with E-state index in [-0.39, 0.29) is 31.5 Å². The van der Waals surface area contributed by atoms with Gasteiger partial charge in [0.25, 0.3) is 0 Å². The molecule has 0 fully saturated rings. The van der Waals surface area contributed by atoms with Gasteiger partial charge in [0.1, 0.15) is 0 Å². The van der Waals surface area contributed by atoms with E-state index >= 15 is 0 Å². The van der Waals surface area contributed by atoms with E-state index in [2.05, 4.69) is 0 Å². The van der Waals surface area contributed by atoms with Crippen LogP contribution in [0.3, 0.4) is 0 Å². The average molecular weight is 84.0 g/mol. The quantitative estimate of drug-likeness (QED) is 0.256. The van der Waals surface area contributed by atoms with Gasteiger partial charge in [-0.3, -0.25) is 0 Å². The molecule has 0 nitrogen and oxygen atoms in total. The van der Waals surface area contributed by atoms with E-state index in [1.807, 2.05) is 0 Å². The van der Waals surface area contributed by atoms with Crippen LogP contribution in [0, 0.1) is 0 Å². The number of rotatable bonds is 0. The van der Waals surface area contributed by atoms with Crippen LogP contribution in [0.15, 0.2) is 0 Å². The Morgan fingerprint density at radius 1 is 0.500 bits per heavy atom. The Morgan fingerprint density at radius 2 is 0.500 bits per heavy atom. The zero-order chi connectivity index (χ0) is 0. The van der Waals surface area contributed by atoms with Crippen LogP contribution in [-0.4, -0.2) is 17.4 Å². The molecule has 0 saturated heterocycles. The Labute approximate surface area is 32.4 Å². The van der Waals surface area contributed by atoms with Crippen molar-refractivity contribution in [2.24, 2.45) is 0 Å². The van der Waals surface area contributed by atoms with Gasteiger partial charge in [-0.1, -0.05) is 0 Å². The third kappa shape index (κ3) is 39.1. The molecule has 0 aliphatic carbocycles. The van der Waals surface area contributed by atoms with E-state index in [0.717, 1.165) is 0 Å². The summed E-state index contributed by atoms with van der Waals surface area (Å²) in [5.74, 6) is 0. The molecule has 4 heavy (non-hydrogen) atoms. The standard InChI is InChI=1S/Al.3FH/h;3*1H/q+3;;;/p-3. The minimum atomic E-state index is 0. The van der Waals surface area contributed by atoms with Gasteiger partial charge in [0, 0.05) is 0 Å².